The van der Waals surface area contributed by atoms with Crippen LogP contribution in [0.5, 0.6) is 0 Å². The van der Waals surface area contributed by atoms with E-state index < -0.39 is 0 Å². The van der Waals surface area contributed by atoms with Crippen molar-refractivity contribution < 1.29 is 0 Å². The van der Waals surface area contributed by atoms with Gasteiger partial charge in [-0.15, -0.1) is 0 Å². The molecule has 0 aliphatic heterocycles. The van der Waals surface area contributed by atoms with Gasteiger partial charge in [-0.1, -0.05) is 45.0 Å². The predicted octanol–water partition coefficient (Wildman–Crippen LogP) is 6.01. The van der Waals surface area contributed by atoms with E-state index in [0.717, 1.165) is 32.8 Å². The number of hydrogen-bond acceptors (Lipinski definition) is 1. The number of nitrogens with zero attached hydrogens (tertiary/aromatic N) is 2. The Balaban J connectivity index is 1.84. The zero-order valence-corrected chi connectivity index (χ0v) is 16.0. The summed E-state index contributed by atoms with van der Waals surface area (Å²) in [7, 11) is 0. The summed E-state index contributed by atoms with van der Waals surface area (Å²) in [5.41, 5.74) is 6.31. The average Bonchev–Trinajstić information content (AvgIpc) is 2.87. The molecule has 123 valence electrons. The topological polar surface area (TPSA) is 42.8 Å². The Kier molecular flexibility index (Phi) is 4.50. The summed E-state index contributed by atoms with van der Waals surface area (Å²) in [5, 5.41) is 12.1. The smallest absolute Gasteiger partial charge is 0.107 e. The Morgan fingerprint density at radius 1 is 1.00 bits per heavy atom. The molecule has 0 bridgehead atoms. The van der Waals surface area contributed by atoms with Gasteiger partial charge in [0.25, 0.3) is 0 Å². The third kappa shape index (κ3) is 3.54. The Morgan fingerprint density at radius 2 is 1.71 bits per heavy atom. The van der Waals surface area contributed by atoms with Gasteiger partial charge in [0, 0.05) is 11.3 Å². The molecule has 0 unspecified atom stereocenters. The molecule has 1 aromatic heterocycles. The van der Waals surface area contributed by atoms with Crippen LogP contribution >= 0.6 is 15.9 Å². The summed E-state index contributed by atoms with van der Waals surface area (Å²) < 4.78 is 0.995. The van der Waals surface area contributed by atoms with E-state index in [1.165, 1.54) is 5.56 Å². The quantitative estimate of drug-likeness (QED) is 0.591. The van der Waals surface area contributed by atoms with Crippen LogP contribution in [0.1, 0.15) is 32.0 Å². The molecule has 0 saturated carbocycles. The van der Waals surface area contributed by atoms with E-state index in [4.69, 9.17) is 5.32 Å². The second kappa shape index (κ2) is 6.44. The summed E-state index contributed by atoms with van der Waals surface area (Å²) in [4.78, 5) is 0. The number of benzene rings is 2. The number of aryl methyl sites for hydroxylation is 1. The monoisotopic (exact) mass is 382 g/mol. The van der Waals surface area contributed by atoms with E-state index in [-0.39, 0.29) is 5.41 Å². The molecule has 4 heteroatoms. The van der Waals surface area contributed by atoms with Crippen molar-refractivity contribution in [2.24, 2.45) is 0 Å². The van der Waals surface area contributed by atoms with Crippen molar-refractivity contribution in [1.82, 2.24) is 15.5 Å². The van der Waals surface area contributed by atoms with Crippen molar-refractivity contribution in [3.63, 3.8) is 0 Å². The molecule has 3 aromatic rings. The molecule has 0 spiro atoms. The Hall–Kier alpha value is -2.07. The lowest BCUT2D eigenvalue weighted by Crippen LogP contribution is -2.10. The molecule has 0 amide bonds. The molecule has 24 heavy (non-hydrogen) atoms. The first-order valence-electron chi connectivity index (χ1n) is 7.98. The van der Waals surface area contributed by atoms with Gasteiger partial charge < -0.3 is 0 Å². The molecule has 0 fully saturated rings. The van der Waals surface area contributed by atoms with E-state index in [0.29, 0.717) is 0 Å². The minimum absolute atomic E-state index is 0.155. The van der Waals surface area contributed by atoms with Crippen molar-refractivity contribution in [2.45, 2.75) is 33.1 Å². The Morgan fingerprint density at radius 3 is 2.29 bits per heavy atom. The zero-order valence-electron chi connectivity index (χ0n) is 14.4. The summed E-state index contributed by atoms with van der Waals surface area (Å²) >= 11 is 3.58. The van der Waals surface area contributed by atoms with Crippen LogP contribution in [0.25, 0.3) is 11.3 Å². The van der Waals surface area contributed by atoms with Crippen LogP contribution in [0.2, 0.25) is 0 Å². The highest BCUT2D eigenvalue weighted by atomic mass is 79.9. The molecule has 1 N–H and O–H groups in total. The van der Waals surface area contributed by atoms with Crippen molar-refractivity contribution in [3.05, 3.63) is 64.3 Å². The lowest BCUT2D eigenvalue weighted by molar-refractivity contribution is 0.590. The third-order valence-corrected chi connectivity index (χ3v) is 4.95. The number of aromatic amines is 1. The van der Waals surface area contributed by atoms with Gasteiger partial charge in [0.15, 0.2) is 0 Å². The molecule has 3 rings (SSSR count). The highest BCUT2D eigenvalue weighted by molar-refractivity contribution is 9.10. The number of hydrogen-bond donors (Lipinski definition) is 1. The number of nitrogens with one attached hydrogen (secondary N) is 1. The first-order valence-corrected chi connectivity index (χ1v) is 8.77. The van der Waals surface area contributed by atoms with Gasteiger partial charge in [-0.25, -0.2) is 5.32 Å². The van der Waals surface area contributed by atoms with Gasteiger partial charge in [-0.3, -0.25) is 5.10 Å². The molecule has 1 radical (unpaired) electrons. The fourth-order valence-electron chi connectivity index (χ4n) is 2.51. The lowest BCUT2D eigenvalue weighted by atomic mass is 9.87. The van der Waals surface area contributed by atoms with Crippen LogP contribution in [0.3, 0.4) is 0 Å². The first-order chi connectivity index (χ1) is 11.3. The summed E-state index contributed by atoms with van der Waals surface area (Å²) in [5.74, 6) is 0. The van der Waals surface area contributed by atoms with Crippen molar-refractivity contribution in [2.75, 3.05) is 0 Å². The predicted molar refractivity (Wildman–Crippen MR) is 103 cm³/mol. The highest BCUT2D eigenvalue weighted by Crippen LogP contribution is 2.31. The lowest BCUT2D eigenvalue weighted by Gasteiger charge is -2.19. The average molecular weight is 383 g/mol. The van der Waals surface area contributed by atoms with Crippen LogP contribution in [0, 0.1) is 6.92 Å². The van der Waals surface area contributed by atoms with Gasteiger partial charge >= 0.3 is 0 Å². The first kappa shape index (κ1) is 16.8. The third-order valence-electron chi connectivity index (χ3n) is 3.98. The van der Waals surface area contributed by atoms with Crippen LogP contribution in [0.4, 0.5) is 11.4 Å². The van der Waals surface area contributed by atoms with Crippen LogP contribution < -0.4 is 5.32 Å². The fraction of sp³-hybridized carbons (Fsp3) is 0.250. The van der Waals surface area contributed by atoms with E-state index in [1.54, 1.807) is 0 Å². The van der Waals surface area contributed by atoms with E-state index >= 15 is 0 Å². The number of H-pyrrole nitrogens is 1. The number of rotatable bonds is 3. The molecule has 0 aliphatic rings. The molecule has 0 atom stereocenters. The zero-order chi connectivity index (χ0) is 17.3. The molecular formula is C20H21BrN3. The summed E-state index contributed by atoms with van der Waals surface area (Å²) in [6.45, 7) is 8.64. The largest absolute Gasteiger partial charge is 0.281 e. The van der Waals surface area contributed by atoms with E-state index in [2.05, 4.69) is 77.2 Å². The molecule has 2 aromatic carbocycles. The maximum atomic E-state index is 4.73. The molecule has 3 nitrogen and oxygen atoms in total. The molecule has 1 heterocycles. The minimum atomic E-state index is 0.155. The van der Waals surface area contributed by atoms with Crippen LogP contribution in [-0.2, 0) is 5.41 Å². The van der Waals surface area contributed by atoms with Gasteiger partial charge in [-0.2, -0.15) is 5.10 Å². The highest BCUT2D eigenvalue weighted by Gasteiger charge is 2.13. The molecule has 0 saturated heterocycles. The Bertz CT molecular complexity index is 842. The maximum Gasteiger partial charge on any atom is 0.107 e. The number of halogens is 1. The summed E-state index contributed by atoms with van der Waals surface area (Å²) in [6, 6.07) is 16.6. The maximum absolute atomic E-state index is 4.73. The second-order valence-corrected chi connectivity index (χ2v) is 7.76. The summed E-state index contributed by atoms with van der Waals surface area (Å²) in [6.07, 6.45) is 0. The Labute approximate surface area is 151 Å². The van der Waals surface area contributed by atoms with Gasteiger partial charge in [0.2, 0.25) is 0 Å². The van der Waals surface area contributed by atoms with E-state index in [9.17, 15) is 0 Å². The fourth-order valence-corrected chi connectivity index (χ4v) is 2.92. The van der Waals surface area contributed by atoms with Crippen LogP contribution in [0.15, 0.2) is 53.0 Å². The minimum Gasteiger partial charge on any atom is -0.281 e. The van der Waals surface area contributed by atoms with Crippen LogP contribution in [-0.4, -0.2) is 10.2 Å². The van der Waals surface area contributed by atoms with Gasteiger partial charge in [0.05, 0.1) is 15.8 Å². The standard InChI is InChI=1S/C20H21BrN3/c1-13-18(21)19(24-23-13)14-6-5-7-17(12-14)22-16-10-8-15(9-11-16)20(2,3)4/h5-12H,1-4H3,(H,23,24). The number of aromatic nitrogens is 2. The van der Waals surface area contributed by atoms with Crippen molar-refractivity contribution >= 4 is 27.3 Å². The van der Waals surface area contributed by atoms with Gasteiger partial charge in [0.1, 0.15) is 5.69 Å². The second-order valence-electron chi connectivity index (χ2n) is 6.97. The SMILES string of the molecule is Cc1[nH]nc(-c2cccc([N]c3ccc(C(C)(C)C)cc3)c2)c1Br. The molecular weight excluding hydrogens is 362 g/mol. The van der Waals surface area contributed by atoms with Gasteiger partial charge in [-0.05, 0) is 58.1 Å². The van der Waals surface area contributed by atoms with Crippen molar-refractivity contribution in [3.8, 4) is 11.3 Å². The normalized spacial score (nSPS) is 11.5. The van der Waals surface area contributed by atoms with Crippen molar-refractivity contribution in [1.29, 1.82) is 0 Å². The molecule has 0 aliphatic carbocycles. The van der Waals surface area contributed by atoms with E-state index in [1.807, 2.05) is 25.1 Å².